The van der Waals surface area contributed by atoms with E-state index in [1.807, 2.05) is 39.8 Å². The standard InChI is InChI=1S/C19H30N2O3.ClH/c1-6-24-16-12-19(20,18(16,3)4)17(22)21-10-9-14-8-7-13(2)15(11-14)23-5;/h7-8,11,16H,6,9-10,12,20H2,1-5H3,(H,21,22);1H. The number of nitrogens with two attached hydrogens (primary N) is 1. The maximum absolute atomic E-state index is 12.6. The predicted octanol–water partition coefficient (Wildman–Crippen LogP) is 2.62. The molecule has 0 heterocycles. The first-order valence-corrected chi connectivity index (χ1v) is 8.58. The molecule has 2 atom stereocenters. The smallest absolute Gasteiger partial charge is 0.240 e. The van der Waals surface area contributed by atoms with E-state index in [2.05, 4.69) is 11.4 Å². The molecule has 1 saturated carbocycles. The zero-order chi connectivity index (χ0) is 18.0. The van der Waals surface area contributed by atoms with Gasteiger partial charge in [-0.3, -0.25) is 4.79 Å². The van der Waals surface area contributed by atoms with Crippen molar-refractivity contribution in [3.63, 3.8) is 0 Å². The van der Waals surface area contributed by atoms with E-state index >= 15 is 0 Å². The van der Waals surface area contributed by atoms with Crippen LogP contribution in [0.2, 0.25) is 0 Å². The molecule has 1 aliphatic rings. The van der Waals surface area contributed by atoms with Crippen molar-refractivity contribution in [1.82, 2.24) is 5.32 Å². The highest BCUT2D eigenvalue weighted by atomic mass is 35.5. The molecule has 0 spiro atoms. The molecule has 1 aromatic rings. The number of carbonyl (C=O) groups excluding carboxylic acids is 1. The molecule has 2 rings (SSSR count). The van der Waals surface area contributed by atoms with Gasteiger partial charge in [-0.1, -0.05) is 26.0 Å². The SMILES string of the molecule is CCOC1CC(N)(C(=O)NCCc2ccc(C)c(OC)c2)C1(C)C.Cl. The van der Waals surface area contributed by atoms with Gasteiger partial charge in [-0.15, -0.1) is 12.4 Å². The van der Waals surface area contributed by atoms with E-state index in [0.717, 1.165) is 23.3 Å². The molecule has 0 aromatic heterocycles. The van der Waals surface area contributed by atoms with Gasteiger partial charge in [-0.2, -0.15) is 0 Å². The highest BCUT2D eigenvalue weighted by molar-refractivity contribution is 5.88. The topological polar surface area (TPSA) is 73.6 Å². The van der Waals surface area contributed by atoms with Crippen molar-refractivity contribution in [3.8, 4) is 5.75 Å². The molecular formula is C19H31ClN2O3. The monoisotopic (exact) mass is 370 g/mol. The van der Waals surface area contributed by atoms with Crippen molar-refractivity contribution >= 4 is 18.3 Å². The van der Waals surface area contributed by atoms with Gasteiger partial charge in [-0.25, -0.2) is 0 Å². The van der Waals surface area contributed by atoms with Gasteiger partial charge in [0.1, 0.15) is 11.3 Å². The average molecular weight is 371 g/mol. The van der Waals surface area contributed by atoms with Crippen LogP contribution in [0.1, 0.15) is 38.3 Å². The third-order valence-electron chi connectivity index (χ3n) is 5.41. The van der Waals surface area contributed by atoms with E-state index < -0.39 is 5.54 Å². The Bertz CT molecular complexity index is 606. The van der Waals surface area contributed by atoms with E-state index in [1.54, 1.807) is 7.11 Å². The number of halogens is 1. The van der Waals surface area contributed by atoms with Crippen LogP contribution in [0.3, 0.4) is 0 Å². The summed E-state index contributed by atoms with van der Waals surface area (Å²) in [5.41, 5.74) is 7.38. The molecule has 1 amide bonds. The number of ether oxygens (including phenoxy) is 2. The minimum Gasteiger partial charge on any atom is -0.496 e. The molecule has 2 unspecified atom stereocenters. The lowest BCUT2D eigenvalue weighted by Gasteiger charge is -2.57. The van der Waals surface area contributed by atoms with Crippen molar-refractivity contribution in [2.24, 2.45) is 11.1 Å². The van der Waals surface area contributed by atoms with Crippen molar-refractivity contribution in [1.29, 1.82) is 0 Å². The molecule has 25 heavy (non-hydrogen) atoms. The van der Waals surface area contributed by atoms with Crippen LogP contribution >= 0.6 is 12.4 Å². The number of hydrogen-bond acceptors (Lipinski definition) is 4. The summed E-state index contributed by atoms with van der Waals surface area (Å²) in [6.07, 6.45) is 1.35. The van der Waals surface area contributed by atoms with Gasteiger partial charge in [0.15, 0.2) is 0 Å². The lowest BCUT2D eigenvalue weighted by molar-refractivity contribution is -0.170. The number of nitrogens with one attached hydrogen (secondary N) is 1. The second-order valence-electron chi connectivity index (χ2n) is 7.15. The Morgan fingerprint density at radius 2 is 2.08 bits per heavy atom. The van der Waals surface area contributed by atoms with Crippen LogP contribution in [0.4, 0.5) is 0 Å². The third kappa shape index (κ3) is 4.10. The van der Waals surface area contributed by atoms with E-state index in [1.165, 1.54) is 0 Å². The molecule has 0 saturated heterocycles. The highest BCUT2D eigenvalue weighted by Crippen LogP contribution is 2.49. The first kappa shape index (κ1) is 21.7. The summed E-state index contributed by atoms with van der Waals surface area (Å²) in [7, 11) is 1.67. The lowest BCUT2D eigenvalue weighted by atomic mass is 9.54. The minimum atomic E-state index is -0.863. The molecule has 142 valence electrons. The number of benzene rings is 1. The Kier molecular flexibility index (Phi) is 7.29. The quantitative estimate of drug-likeness (QED) is 0.773. The molecular weight excluding hydrogens is 340 g/mol. The number of amides is 1. The fourth-order valence-electron chi connectivity index (χ4n) is 3.32. The number of hydrogen-bond donors (Lipinski definition) is 2. The van der Waals surface area contributed by atoms with Crippen LogP contribution in [0.25, 0.3) is 0 Å². The zero-order valence-corrected chi connectivity index (χ0v) is 16.7. The molecule has 0 bridgehead atoms. The predicted molar refractivity (Wildman–Crippen MR) is 102 cm³/mol. The van der Waals surface area contributed by atoms with E-state index in [0.29, 0.717) is 19.6 Å². The first-order valence-electron chi connectivity index (χ1n) is 8.58. The van der Waals surface area contributed by atoms with Crippen LogP contribution in [-0.2, 0) is 16.0 Å². The number of aryl methyl sites for hydroxylation is 1. The molecule has 1 fully saturated rings. The van der Waals surface area contributed by atoms with Crippen LogP contribution in [0, 0.1) is 12.3 Å². The van der Waals surface area contributed by atoms with Gasteiger partial charge in [0.25, 0.3) is 0 Å². The van der Waals surface area contributed by atoms with Crippen molar-refractivity contribution in [2.75, 3.05) is 20.3 Å². The second-order valence-corrected chi connectivity index (χ2v) is 7.15. The zero-order valence-electron chi connectivity index (χ0n) is 15.8. The third-order valence-corrected chi connectivity index (χ3v) is 5.41. The molecule has 1 aromatic carbocycles. The summed E-state index contributed by atoms with van der Waals surface area (Å²) in [5, 5.41) is 2.98. The van der Waals surface area contributed by atoms with Crippen LogP contribution in [-0.4, -0.2) is 37.8 Å². The summed E-state index contributed by atoms with van der Waals surface area (Å²) in [6.45, 7) is 9.17. The Hall–Kier alpha value is -1.30. The maximum Gasteiger partial charge on any atom is 0.240 e. The fraction of sp³-hybridized carbons (Fsp3) is 0.632. The molecule has 0 radical (unpaired) electrons. The van der Waals surface area contributed by atoms with Gasteiger partial charge in [-0.05, 0) is 37.5 Å². The Labute approximate surface area is 157 Å². The van der Waals surface area contributed by atoms with E-state index in [9.17, 15) is 4.79 Å². The van der Waals surface area contributed by atoms with Crippen LogP contribution < -0.4 is 15.8 Å². The largest absolute Gasteiger partial charge is 0.496 e. The van der Waals surface area contributed by atoms with Gasteiger partial charge in [0, 0.05) is 25.0 Å². The molecule has 3 N–H and O–H groups in total. The summed E-state index contributed by atoms with van der Waals surface area (Å²) < 4.78 is 11.0. The summed E-state index contributed by atoms with van der Waals surface area (Å²) in [6, 6.07) is 6.10. The normalized spacial score (nSPS) is 24.0. The Morgan fingerprint density at radius 3 is 2.64 bits per heavy atom. The van der Waals surface area contributed by atoms with Crippen LogP contribution in [0.15, 0.2) is 18.2 Å². The van der Waals surface area contributed by atoms with E-state index in [-0.39, 0.29) is 29.8 Å². The second kappa shape index (κ2) is 8.39. The minimum absolute atomic E-state index is 0. The van der Waals surface area contributed by atoms with Gasteiger partial charge in [0.2, 0.25) is 5.91 Å². The Morgan fingerprint density at radius 1 is 1.40 bits per heavy atom. The number of rotatable bonds is 7. The summed E-state index contributed by atoms with van der Waals surface area (Å²) >= 11 is 0. The number of carbonyl (C=O) groups is 1. The van der Waals surface area contributed by atoms with Crippen molar-refractivity contribution in [3.05, 3.63) is 29.3 Å². The average Bonchev–Trinajstić information content (AvgIpc) is 2.55. The molecule has 5 nitrogen and oxygen atoms in total. The summed E-state index contributed by atoms with van der Waals surface area (Å²) in [5.74, 6) is 0.774. The highest BCUT2D eigenvalue weighted by Gasteiger charge is 2.62. The van der Waals surface area contributed by atoms with Gasteiger partial charge in [0.05, 0.1) is 13.2 Å². The van der Waals surface area contributed by atoms with Crippen molar-refractivity contribution in [2.45, 2.75) is 52.2 Å². The molecule has 6 heteroatoms. The fourth-order valence-corrected chi connectivity index (χ4v) is 3.32. The Balaban J connectivity index is 0.00000312. The maximum atomic E-state index is 12.6. The van der Waals surface area contributed by atoms with Gasteiger partial charge >= 0.3 is 0 Å². The van der Waals surface area contributed by atoms with Crippen molar-refractivity contribution < 1.29 is 14.3 Å². The first-order chi connectivity index (χ1) is 11.3. The molecule has 0 aliphatic heterocycles. The summed E-state index contributed by atoms with van der Waals surface area (Å²) in [4.78, 5) is 12.6. The lowest BCUT2D eigenvalue weighted by Crippen LogP contribution is -2.75. The number of methoxy groups -OCH3 is 1. The van der Waals surface area contributed by atoms with Crippen LogP contribution in [0.5, 0.6) is 5.75 Å². The van der Waals surface area contributed by atoms with Gasteiger partial charge < -0.3 is 20.5 Å². The molecule has 1 aliphatic carbocycles. The van der Waals surface area contributed by atoms with E-state index in [4.69, 9.17) is 15.2 Å².